The zero-order valence-electron chi connectivity index (χ0n) is 12.4. The maximum Gasteiger partial charge on any atom is 0.354 e. The Morgan fingerprint density at radius 1 is 0.826 bits per heavy atom. The second-order valence-corrected chi connectivity index (χ2v) is 4.73. The molecule has 0 atom stereocenters. The van der Waals surface area contributed by atoms with Gasteiger partial charge in [-0.3, -0.25) is 0 Å². The van der Waals surface area contributed by atoms with Crippen molar-refractivity contribution in [2.24, 2.45) is 0 Å². The number of hydrogen-bond acceptors (Lipinski definition) is 2. The maximum atomic E-state index is 10.6. The molecule has 0 fully saturated rings. The summed E-state index contributed by atoms with van der Waals surface area (Å²) in [4.78, 5) is 14.4. The lowest BCUT2D eigenvalue weighted by atomic mass is 10.1. The Bertz CT molecular complexity index is 726. The monoisotopic (exact) mass is 306 g/mol. The van der Waals surface area contributed by atoms with E-state index in [0.717, 1.165) is 16.7 Å². The van der Waals surface area contributed by atoms with Crippen molar-refractivity contribution in [1.82, 2.24) is 4.98 Å². The van der Waals surface area contributed by atoms with E-state index in [-0.39, 0.29) is 12.3 Å². The van der Waals surface area contributed by atoms with E-state index < -0.39 is 5.97 Å². The highest BCUT2D eigenvalue weighted by Crippen LogP contribution is 2.17. The highest BCUT2D eigenvalue weighted by atomic mass is 16.4. The fourth-order valence-corrected chi connectivity index (χ4v) is 1.90. The first-order chi connectivity index (χ1) is 11.2. The van der Waals surface area contributed by atoms with Gasteiger partial charge in [0.25, 0.3) is 0 Å². The average Bonchev–Trinajstić information content (AvgIpc) is 2.64. The van der Waals surface area contributed by atoms with E-state index in [9.17, 15) is 9.90 Å². The molecule has 3 rings (SSSR count). The molecule has 0 aliphatic heterocycles. The van der Waals surface area contributed by atoms with Crippen LogP contribution >= 0.6 is 0 Å². The van der Waals surface area contributed by atoms with Gasteiger partial charge in [-0.2, -0.15) is 0 Å². The number of carboxylic acid groups (broad SMARTS) is 1. The third-order valence-corrected chi connectivity index (χ3v) is 3.10. The predicted octanol–water partition coefficient (Wildman–Crippen LogP) is 4.06. The molecular formula is C19H16NO3. The summed E-state index contributed by atoms with van der Waals surface area (Å²) >= 11 is 0. The van der Waals surface area contributed by atoms with E-state index >= 15 is 0 Å². The van der Waals surface area contributed by atoms with Gasteiger partial charge in [0.05, 0.1) is 0 Å². The molecule has 2 aromatic carbocycles. The van der Waals surface area contributed by atoms with Crippen LogP contribution in [0.1, 0.15) is 16.1 Å². The summed E-state index contributed by atoms with van der Waals surface area (Å²) in [5, 5.41) is 18.8. The first-order valence-electron chi connectivity index (χ1n) is 7.07. The van der Waals surface area contributed by atoms with E-state index in [1.807, 2.05) is 60.7 Å². The highest BCUT2D eigenvalue weighted by Gasteiger charge is 2.03. The molecule has 1 aromatic heterocycles. The van der Waals surface area contributed by atoms with Gasteiger partial charge in [0, 0.05) is 11.8 Å². The van der Waals surface area contributed by atoms with Crippen LogP contribution in [0.5, 0.6) is 0 Å². The van der Waals surface area contributed by atoms with E-state index in [1.165, 1.54) is 6.07 Å². The lowest BCUT2D eigenvalue weighted by Gasteiger charge is -2.00. The molecule has 4 nitrogen and oxygen atoms in total. The summed E-state index contributed by atoms with van der Waals surface area (Å²) in [6.07, 6.45) is 1.57. The Morgan fingerprint density at radius 3 is 1.87 bits per heavy atom. The van der Waals surface area contributed by atoms with Crippen LogP contribution in [0.3, 0.4) is 0 Å². The predicted molar refractivity (Wildman–Crippen MR) is 87.5 cm³/mol. The van der Waals surface area contributed by atoms with Gasteiger partial charge in [-0.1, -0.05) is 66.7 Å². The molecule has 0 unspecified atom stereocenters. The van der Waals surface area contributed by atoms with Gasteiger partial charge in [0.15, 0.2) is 0 Å². The highest BCUT2D eigenvalue weighted by molar-refractivity contribution is 5.85. The van der Waals surface area contributed by atoms with Crippen LogP contribution in [0.2, 0.25) is 0 Å². The molecule has 115 valence electrons. The molecule has 1 N–H and O–H groups in total. The number of pyridine rings is 1. The Labute approximate surface area is 134 Å². The van der Waals surface area contributed by atoms with Gasteiger partial charge in [0.1, 0.15) is 12.3 Å². The van der Waals surface area contributed by atoms with Gasteiger partial charge in [-0.15, -0.1) is 0 Å². The molecule has 1 heterocycles. The minimum atomic E-state index is -1.00. The second-order valence-electron chi connectivity index (χ2n) is 4.73. The van der Waals surface area contributed by atoms with Crippen LogP contribution in [-0.2, 0) is 11.7 Å². The summed E-state index contributed by atoms with van der Waals surface area (Å²) in [5.74, 6) is -1.00. The first kappa shape index (κ1) is 16.4. The lowest BCUT2D eigenvalue weighted by Crippen LogP contribution is -1.98. The van der Waals surface area contributed by atoms with Crippen LogP contribution in [0.4, 0.5) is 0 Å². The van der Waals surface area contributed by atoms with Gasteiger partial charge in [-0.25, -0.2) is 14.9 Å². The molecule has 1 radical (unpaired) electrons. The maximum absolute atomic E-state index is 10.6. The molecule has 0 spiro atoms. The van der Waals surface area contributed by atoms with Gasteiger partial charge < -0.3 is 5.11 Å². The number of aromatic nitrogens is 1. The number of carbonyl (C=O) groups is 1. The molecule has 0 aliphatic rings. The second kappa shape index (κ2) is 8.46. The van der Waals surface area contributed by atoms with Crippen molar-refractivity contribution in [3.05, 3.63) is 90.3 Å². The van der Waals surface area contributed by atoms with Gasteiger partial charge >= 0.3 is 5.97 Å². The summed E-state index contributed by atoms with van der Waals surface area (Å²) in [5.41, 5.74) is 2.87. The van der Waals surface area contributed by atoms with Gasteiger partial charge in [0.2, 0.25) is 0 Å². The summed E-state index contributed by atoms with van der Waals surface area (Å²) in [6, 6.07) is 22.3. The van der Waals surface area contributed by atoms with Crippen molar-refractivity contribution in [3.63, 3.8) is 0 Å². The molecular weight excluding hydrogens is 290 g/mol. The molecule has 4 heteroatoms. The third kappa shape index (κ3) is 5.05. The van der Waals surface area contributed by atoms with Crippen molar-refractivity contribution < 1.29 is 15.0 Å². The fraction of sp³-hybridized carbons (Fsp3) is 0.0526. The smallest absolute Gasteiger partial charge is 0.354 e. The third-order valence-electron chi connectivity index (χ3n) is 3.10. The molecule has 23 heavy (non-hydrogen) atoms. The number of benzene rings is 2. The summed E-state index contributed by atoms with van der Waals surface area (Å²) in [7, 11) is 0. The van der Waals surface area contributed by atoms with Crippen LogP contribution in [-0.4, -0.2) is 16.1 Å². The van der Waals surface area contributed by atoms with Gasteiger partial charge in [-0.05, 0) is 17.2 Å². The summed E-state index contributed by atoms with van der Waals surface area (Å²) < 4.78 is 0. The van der Waals surface area contributed by atoms with Crippen molar-refractivity contribution in [3.8, 4) is 11.1 Å². The number of nitrogens with zero attached hydrogens (tertiary/aromatic N) is 1. The standard InChI is InChI=1S/C12H9NO2.C7H7O/c14-12(15)11-7-6-10(8-13-11)9-4-2-1-3-5-9;8-6-7-4-2-1-3-5-7/h1-8H,(H,14,15);1-5H,6H2. The Hall–Kier alpha value is -2.98. The van der Waals surface area contributed by atoms with E-state index in [4.69, 9.17) is 5.11 Å². The van der Waals surface area contributed by atoms with Crippen LogP contribution in [0.25, 0.3) is 11.1 Å². The Morgan fingerprint density at radius 2 is 1.43 bits per heavy atom. The fourth-order valence-electron chi connectivity index (χ4n) is 1.90. The zero-order valence-corrected chi connectivity index (χ0v) is 12.4. The first-order valence-corrected chi connectivity index (χ1v) is 7.07. The molecule has 0 saturated heterocycles. The van der Waals surface area contributed by atoms with Crippen LogP contribution in [0, 0.1) is 0 Å². The number of carboxylic acids is 1. The van der Waals surface area contributed by atoms with E-state index in [2.05, 4.69) is 4.98 Å². The van der Waals surface area contributed by atoms with Crippen LogP contribution in [0.15, 0.2) is 79.0 Å². The molecule has 0 aliphatic carbocycles. The molecule has 0 saturated carbocycles. The Kier molecular flexibility index (Phi) is 6.03. The summed E-state index contributed by atoms with van der Waals surface area (Å²) in [6.45, 7) is -0.110. The van der Waals surface area contributed by atoms with Crippen molar-refractivity contribution >= 4 is 5.97 Å². The number of hydrogen-bond donors (Lipinski definition) is 1. The van der Waals surface area contributed by atoms with E-state index in [0.29, 0.717) is 0 Å². The van der Waals surface area contributed by atoms with Crippen molar-refractivity contribution in [2.45, 2.75) is 6.61 Å². The lowest BCUT2D eigenvalue weighted by molar-refractivity contribution is 0.0690. The average molecular weight is 306 g/mol. The SMILES string of the molecule is O=C(O)c1ccc(-c2ccccc2)cn1.[O]Cc1ccccc1. The number of aromatic carboxylic acids is 1. The minimum absolute atomic E-state index is 0.0645. The topological polar surface area (TPSA) is 70.1 Å². The molecule has 3 aromatic rings. The largest absolute Gasteiger partial charge is 0.477 e. The Balaban J connectivity index is 0.000000203. The minimum Gasteiger partial charge on any atom is -0.477 e. The zero-order chi connectivity index (χ0) is 16.5. The van der Waals surface area contributed by atoms with Crippen LogP contribution < -0.4 is 0 Å². The normalized spacial score (nSPS) is 9.61. The molecule has 0 bridgehead atoms. The molecule has 0 amide bonds. The van der Waals surface area contributed by atoms with E-state index in [1.54, 1.807) is 12.3 Å². The number of rotatable bonds is 3. The van der Waals surface area contributed by atoms with Crippen molar-refractivity contribution in [1.29, 1.82) is 0 Å². The van der Waals surface area contributed by atoms with Crippen molar-refractivity contribution in [2.75, 3.05) is 0 Å². The quantitative estimate of drug-likeness (QED) is 0.793.